The Morgan fingerprint density at radius 3 is 2.79 bits per heavy atom. The molecule has 6 heteroatoms. The summed E-state index contributed by atoms with van der Waals surface area (Å²) in [6.45, 7) is 5.33. The fourth-order valence-electron chi connectivity index (χ4n) is 1.71. The van der Waals surface area contributed by atoms with Gasteiger partial charge in [0.15, 0.2) is 5.01 Å². The summed E-state index contributed by atoms with van der Waals surface area (Å²) in [4.78, 5) is 4.35. The molecular weight excluding hydrogens is 324 g/mol. The van der Waals surface area contributed by atoms with Crippen LogP contribution >= 0.6 is 27.3 Å². The minimum absolute atomic E-state index is 0.293. The van der Waals surface area contributed by atoms with Gasteiger partial charge in [0.1, 0.15) is 10.7 Å². The molecule has 0 aliphatic heterocycles. The van der Waals surface area contributed by atoms with Crippen LogP contribution in [0.3, 0.4) is 0 Å². The predicted octanol–water partition coefficient (Wildman–Crippen LogP) is 3.81. The first kappa shape index (κ1) is 14.6. The molecule has 2 aromatic rings. The van der Waals surface area contributed by atoms with E-state index in [1.807, 2.05) is 12.1 Å². The van der Waals surface area contributed by atoms with Crippen LogP contribution in [-0.2, 0) is 0 Å². The summed E-state index contributed by atoms with van der Waals surface area (Å²) in [5, 5.41) is 13.9. The normalized spacial score (nSPS) is 12.6. The minimum atomic E-state index is 0.293. The van der Waals surface area contributed by atoms with E-state index in [0.29, 0.717) is 6.04 Å². The van der Waals surface area contributed by atoms with Crippen LogP contribution in [0.2, 0.25) is 0 Å². The van der Waals surface area contributed by atoms with Gasteiger partial charge in [-0.1, -0.05) is 25.2 Å². The Bertz CT molecular complexity index is 512. The van der Waals surface area contributed by atoms with Gasteiger partial charge in [-0.05, 0) is 47.4 Å². The van der Waals surface area contributed by atoms with E-state index in [1.165, 1.54) is 0 Å². The van der Waals surface area contributed by atoms with Crippen molar-refractivity contribution in [3.05, 3.63) is 27.8 Å². The number of rotatable bonds is 6. The van der Waals surface area contributed by atoms with E-state index >= 15 is 0 Å². The fourth-order valence-corrected chi connectivity index (χ4v) is 2.92. The monoisotopic (exact) mass is 340 g/mol. The summed E-state index contributed by atoms with van der Waals surface area (Å²) in [7, 11) is 0. The molecule has 19 heavy (non-hydrogen) atoms. The smallest absolute Gasteiger partial charge is 0.166 e. The molecule has 102 valence electrons. The quantitative estimate of drug-likeness (QED) is 0.868. The SMILES string of the molecule is CCCNC(CC)c1nnc(-c2ccc(Br)cn2)s1. The lowest BCUT2D eigenvalue weighted by molar-refractivity contribution is 0.513. The lowest BCUT2D eigenvalue weighted by Gasteiger charge is -2.12. The Morgan fingerprint density at radius 2 is 2.16 bits per heavy atom. The van der Waals surface area contributed by atoms with Crippen LogP contribution in [0.25, 0.3) is 10.7 Å². The lowest BCUT2D eigenvalue weighted by atomic mass is 10.2. The average molecular weight is 341 g/mol. The summed E-state index contributed by atoms with van der Waals surface area (Å²) in [5.41, 5.74) is 0.872. The van der Waals surface area contributed by atoms with Crippen molar-refractivity contribution in [3.63, 3.8) is 0 Å². The number of halogens is 1. The maximum absolute atomic E-state index is 4.35. The minimum Gasteiger partial charge on any atom is -0.308 e. The van der Waals surface area contributed by atoms with E-state index < -0.39 is 0 Å². The number of nitrogens with zero attached hydrogens (tertiary/aromatic N) is 3. The second kappa shape index (κ2) is 7.07. The van der Waals surface area contributed by atoms with Crippen molar-refractivity contribution in [3.8, 4) is 10.7 Å². The molecule has 2 heterocycles. The lowest BCUT2D eigenvalue weighted by Crippen LogP contribution is -2.21. The second-order valence-electron chi connectivity index (χ2n) is 4.22. The largest absolute Gasteiger partial charge is 0.308 e. The third-order valence-corrected chi connectivity index (χ3v) is 4.26. The Balaban J connectivity index is 2.15. The number of pyridine rings is 1. The topological polar surface area (TPSA) is 50.7 Å². The van der Waals surface area contributed by atoms with Crippen molar-refractivity contribution in [2.24, 2.45) is 0 Å². The third kappa shape index (κ3) is 3.81. The Kier molecular flexibility index (Phi) is 5.42. The molecule has 0 spiro atoms. The molecule has 0 aliphatic rings. The predicted molar refractivity (Wildman–Crippen MR) is 82.2 cm³/mol. The summed E-state index contributed by atoms with van der Waals surface area (Å²) in [5.74, 6) is 0. The van der Waals surface area contributed by atoms with E-state index in [-0.39, 0.29) is 0 Å². The van der Waals surface area contributed by atoms with Gasteiger partial charge in [0.2, 0.25) is 0 Å². The van der Waals surface area contributed by atoms with Gasteiger partial charge in [0, 0.05) is 10.7 Å². The van der Waals surface area contributed by atoms with E-state index in [4.69, 9.17) is 0 Å². The van der Waals surface area contributed by atoms with Gasteiger partial charge in [0.05, 0.1) is 6.04 Å². The van der Waals surface area contributed by atoms with Crippen LogP contribution in [0.4, 0.5) is 0 Å². The van der Waals surface area contributed by atoms with Gasteiger partial charge in [-0.15, -0.1) is 10.2 Å². The van der Waals surface area contributed by atoms with Gasteiger partial charge in [-0.2, -0.15) is 0 Å². The fraction of sp³-hybridized carbons (Fsp3) is 0.462. The molecule has 1 atom stereocenters. The first-order chi connectivity index (χ1) is 9.24. The zero-order chi connectivity index (χ0) is 13.7. The van der Waals surface area contributed by atoms with E-state index in [9.17, 15) is 0 Å². The van der Waals surface area contributed by atoms with E-state index in [0.717, 1.165) is 39.6 Å². The van der Waals surface area contributed by atoms with E-state index in [1.54, 1.807) is 17.5 Å². The molecule has 0 aromatic carbocycles. The molecule has 1 unspecified atom stereocenters. The Hall–Kier alpha value is -0.850. The van der Waals surface area contributed by atoms with Crippen molar-refractivity contribution < 1.29 is 0 Å². The van der Waals surface area contributed by atoms with Gasteiger partial charge in [-0.25, -0.2) is 0 Å². The van der Waals surface area contributed by atoms with Crippen LogP contribution in [0, 0.1) is 0 Å². The zero-order valence-electron chi connectivity index (χ0n) is 11.1. The Morgan fingerprint density at radius 1 is 1.32 bits per heavy atom. The molecule has 0 aliphatic carbocycles. The highest BCUT2D eigenvalue weighted by atomic mass is 79.9. The molecule has 2 rings (SSSR count). The van der Waals surface area contributed by atoms with E-state index in [2.05, 4.69) is 50.3 Å². The molecule has 2 aromatic heterocycles. The molecule has 0 saturated carbocycles. The van der Waals surface area contributed by atoms with Crippen molar-refractivity contribution in [1.29, 1.82) is 0 Å². The zero-order valence-corrected chi connectivity index (χ0v) is 13.5. The number of hydrogen-bond acceptors (Lipinski definition) is 5. The van der Waals surface area contributed by atoms with Crippen LogP contribution in [0.15, 0.2) is 22.8 Å². The molecule has 0 fully saturated rings. The van der Waals surface area contributed by atoms with Gasteiger partial charge < -0.3 is 5.32 Å². The highest BCUT2D eigenvalue weighted by molar-refractivity contribution is 9.10. The van der Waals surface area contributed by atoms with Crippen molar-refractivity contribution >= 4 is 27.3 Å². The van der Waals surface area contributed by atoms with Crippen LogP contribution in [-0.4, -0.2) is 21.7 Å². The molecule has 0 saturated heterocycles. The molecule has 0 amide bonds. The summed E-state index contributed by atoms with van der Waals surface area (Å²) in [6, 6.07) is 4.21. The van der Waals surface area contributed by atoms with Gasteiger partial charge in [-0.3, -0.25) is 4.98 Å². The summed E-state index contributed by atoms with van der Waals surface area (Å²) < 4.78 is 0.969. The number of nitrogens with one attached hydrogen (secondary N) is 1. The third-order valence-electron chi connectivity index (χ3n) is 2.73. The molecule has 4 nitrogen and oxygen atoms in total. The average Bonchev–Trinajstić information content (AvgIpc) is 2.90. The maximum Gasteiger partial charge on any atom is 0.166 e. The number of hydrogen-bond donors (Lipinski definition) is 1. The summed E-state index contributed by atoms with van der Waals surface area (Å²) >= 11 is 4.99. The molecule has 0 radical (unpaired) electrons. The van der Waals surface area contributed by atoms with Gasteiger partial charge >= 0.3 is 0 Å². The highest BCUT2D eigenvalue weighted by Gasteiger charge is 2.15. The first-order valence-corrected chi connectivity index (χ1v) is 8.04. The Labute approximate surface area is 125 Å². The molecule has 1 N–H and O–H groups in total. The first-order valence-electron chi connectivity index (χ1n) is 6.43. The number of aromatic nitrogens is 3. The summed E-state index contributed by atoms with van der Waals surface area (Å²) in [6.07, 6.45) is 3.92. The molecule has 0 bridgehead atoms. The van der Waals surface area contributed by atoms with Crippen LogP contribution < -0.4 is 5.32 Å². The standard InChI is InChI=1S/C13H17BrN4S/c1-3-7-15-10(4-2)12-17-18-13(19-12)11-6-5-9(14)8-16-11/h5-6,8,10,15H,3-4,7H2,1-2H3. The second-order valence-corrected chi connectivity index (χ2v) is 6.15. The van der Waals surface area contributed by atoms with Crippen molar-refractivity contribution in [2.75, 3.05) is 6.54 Å². The maximum atomic E-state index is 4.35. The van der Waals surface area contributed by atoms with Crippen molar-refractivity contribution in [2.45, 2.75) is 32.7 Å². The van der Waals surface area contributed by atoms with Gasteiger partial charge in [0.25, 0.3) is 0 Å². The van der Waals surface area contributed by atoms with Crippen molar-refractivity contribution in [1.82, 2.24) is 20.5 Å². The molecular formula is C13H17BrN4S. The van der Waals surface area contributed by atoms with Crippen LogP contribution in [0.5, 0.6) is 0 Å². The highest BCUT2D eigenvalue weighted by Crippen LogP contribution is 2.27. The van der Waals surface area contributed by atoms with Crippen LogP contribution in [0.1, 0.15) is 37.7 Å².